The van der Waals surface area contributed by atoms with Crippen LogP contribution in [0.15, 0.2) is 42.5 Å². The molecule has 0 saturated heterocycles. The van der Waals surface area contributed by atoms with Gasteiger partial charge in [-0.05, 0) is 22.1 Å². The van der Waals surface area contributed by atoms with Crippen molar-refractivity contribution >= 4 is 33.3 Å². The summed E-state index contributed by atoms with van der Waals surface area (Å²) in [5, 5.41) is 12.1. The van der Waals surface area contributed by atoms with E-state index < -0.39 is 0 Å². The summed E-state index contributed by atoms with van der Waals surface area (Å²) in [5.41, 5.74) is 0.614. The molecule has 0 fully saturated rings. The SMILES string of the molecule is O=C(Nc1nnns1)c1cccc2ccccc12. The third-order valence-electron chi connectivity index (χ3n) is 2.55. The Labute approximate surface area is 107 Å². The molecular formula is C12H8N4OS. The van der Waals surface area contributed by atoms with Gasteiger partial charge in [-0.2, -0.15) is 0 Å². The maximum atomic E-state index is 12.1. The number of fused-ring (bicyclic) bond motifs is 1. The third kappa shape index (κ3) is 1.93. The number of hydrogen-bond acceptors (Lipinski definition) is 5. The zero-order chi connectivity index (χ0) is 12.4. The molecule has 0 spiro atoms. The highest BCUT2D eigenvalue weighted by atomic mass is 32.1. The molecule has 1 amide bonds. The monoisotopic (exact) mass is 256 g/mol. The third-order valence-corrected chi connectivity index (χ3v) is 3.07. The summed E-state index contributed by atoms with van der Waals surface area (Å²) in [6.07, 6.45) is 0. The molecule has 0 bridgehead atoms. The first-order chi connectivity index (χ1) is 8.84. The van der Waals surface area contributed by atoms with Gasteiger partial charge in [0.05, 0.1) is 0 Å². The number of anilines is 1. The molecule has 1 N–H and O–H groups in total. The lowest BCUT2D eigenvalue weighted by molar-refractivity contribution is 0.102. The number of benzene rings is 2. The lowest BCUT2D eigenvalue weighted by atomic mass is 10.0. The summed E-state index contributed by atoms with van der Waals surface area (Å²) >= 11 is 1.05. The number of carbonyl (C=O) groups is 1. The maximum Gasteiger partial charge on any atom is 0.258 e. The Hall–Kier alpha value is -2.34. The predicted octanol–water partition coefficient (Wildman–Crippen LogP) is 2.34. The molecule has 0 aliphatic rings. The van der Waals surface area contributed by atoms with Crippen LogP contribution in [0, 0.1) is 0 Å². The summed E-state index contributed by atoms with van der Waals surface area (Å²) in [7, 11) is 0. The van der Waals surface area contributed by atoms with Crippen LogP contribution in [-0.2, 0) is 0 Å². The Morgan fingerprint density at radius 1 is 1.11 bits per heavy atom. The van der Waals surface area contributed by atoms with Crippen molar-refractivity contribution < 1.29 is 4.79 Å². The van der Waals surface area contributed by atoms with Crippen molar-refractivity contribution in [2.45, 2.75) is 0 Å². The molecular weight excluding hydrogens is 248 g/mol. The molecule has 2 aromatic carbocycles. The van der Waals surface area contributed by atoms with Crippen molar-refractivity contribution in [1.29, 1.82) is 0 Å². The van der Waals surface area contributed by atoms with E-state index in [2.05, 4.69) is 20.1 Å². The Kier molecular flexibility index (Phi) is 2.70. The van der Waals surface area contributed by atoms with Crippen LogP contribution in [0.2, 0.25) is 0 Å². The Morgan fingerprint density at radius 3 is 2.78 bits per heavy atom. The topological polar surface area (TPSA) is 67.8 Å². The van der Waals surface area contributed by atoms with Crippen LogP contribution in [0.1, 0.15) is 10.4 Å². The minimum atomic E-state index is -0.203. The van der Waals surface area contributed by atoms with Crippen molar-refractivity contribution in [2.24, 2.45) is 0 Å². The fraction of sp³-hybridized carbons (Fsp3) is 0. The van der Waals surface area contributed by atoms with Crippen LogP contribution in [0.3, 0.4) is 0 Å². The molecule has 0 radical (unpaired) electrons. The molecule has 0 aliphatic carbocycles. The molecule has 0 aliphatic heterocycles. The van der Waals surface area contributed by atoms with Crippen LogP contribution in [0.4, 0.5) is 5.13 Å². The highest BCUT2D eigenvalue weighted by Gasteiger charge is 2.11. The van der Waals surface area contributed by atoms with Crippen molar-refractivity contribution in [2.75, 3.05) is 5.32 Å². The number of hydrogen-bond donors (Lipinski definition) is 1. The lowest BCUT2D eigenvalue weighted by Gasteiger charge is -2.05. The highest BCUT2D eigenvalue weighted by Crippen LogP contribution is 2.19. The van der Waals surface area contributed by atoms with Crippen LogP contribution in [0.25, 0.3) is 10.8 Å². The average Bonchev–Trinajstić information content (AvgIpc) is 2.91. The molecule has 0 atom stereocenters. The van der Waals surface area contributed by atoms with Crippen molar-refractivity contribution in [1.82, 2.24) is 14.8 Å². The molecule has 1 heterocycles. The summed E-state index contributed by atoms with van der Waals surface area (Å²) in [5.74, 6) is -0.203. The molecule has 0 saturated carbocycles. The van der Waals surface area contributed by atoms with E-state index in [0.29, 0.717) is 10.7 Å². The first kappa shape index (κ1) is 10.8. The van der Waals surface area contributed by atoms with Gasteiger partial charge in [0, 0.05) is 17.1 Å². The summed E-state index contributed by atoms with van der Waals surface area (Å²) in [4.78, 5) is 12.1. The molecule has 18 heavy (non-hydrogen) atoms. The minimum Gasteiger partial charge on any atom is -0.295 e. The summed E-state index contributed by atoms with van der Waals surface area (Å²) in [6, 6.07) is 13.4. The van der Waals surface area contributed by atoms with E-state index in [-0.39, 0.29) is 5.91 Å². The fourth-order valence-corrected chi connectivity index (χ4v) is 2.13. The first-order valence-electron chi connectivity index (χ1n) is 5.29. The molecule has 0 unspecified atom stereocenters. The second-order valence-corrected chi connectivity index (χ2v) is 4.38. The molecule has 3 rings (SSSR count). The van der Waals surface area contributed by atoms with E-state index in [4.69, 9.17) is 0 Å². The normalized spacial score (nSPS) is 10.4. The number of nitrogens with zero attached hydrogens (tertiary/aromatic N) is 3. The van der Waals surface area contributed by atoms with Gasteiger partial charge < -0.3 is 0 Å². The predicted molar refractivity (Wildman–Crippen MR) is 69.6 cm³/mol. The van der Waals surface area contributed by atoms with Gasteiger partial charge in [0.2, 0.25) is 5.13 Å². The van der Waals surface area contributed by atoms with Crippen LogP contribution in [0.5, 0.6) is 0 Å². The van der Waals surface area contributed by atoms with Crippen molar-refractivity contribution in [3.8, 4) is 0 Å². The van der Waals surface area contributed by atoms with Crippen LogP contribution in [-0.4, -0.2) is 20.7 Å². The van der Waals surface area contributed by atoms with Gasteiger partial charge in [0.1, 0.15) is 0 Å². The second kappa shape index (κ2) is 4.50. The van der Waals surface area contributed by atoms with Crippen molar-refractivity contribution in [3.05, 3.63) is 48.0 Å². The number of carbonyl (C=O) groups excluding carboxylic acids is 1. The van der Waals surface area contributed by atoms with Gasteiger partial charge in [0.15, 0.2) is 0 Å². The molecule has 3 aromatic rings. The van der Waals surface area contributed by atoms with E-state index in [1.54, 1.807) is 6.07 Å². The largest absolute Gasteiger partial charge is 0.295 e. The van der Waals surface area contributed by atoms with Crippen LogP contribution < -0.4 is 5.32 Å². The first-order valence-corrected chi connectivity index (χ1v) is 6.06. The maximum absolute atomic E-state index is 12.1. The molecule has 6 heteroatoms. The van der Waals surface area contributed by atoms with E-state index in [0.717, 1.165) is 22.3 Å². The second-order valence-electron chi connectivity index (χ2n) is 3.65. The fourth-order valence-electron chi connectivity index (χ4n) is 1.77. The van der Waals surface area contributed by atoms with Gasteiger partial charge in [-0.15, -0.1) is 0 Å². The highest BCUT2D eigenvalue weighted by molar-refractivity contribution is 7.09. The lowest BCUT2D eigenvalue weighted by Crippen LogP contribution is -2.12. The zero-order valence-corrected chi connectivity index (χ0v) is 10.0. The van der Waals surface area contributed by atoms with Crippen molar-refractivity contribution in [3.63, 3.8) is 0 Å². The van der Waals surface area contributed by atoms with E-state index in [9.17, 15) is 4.79 Å². The van der Waals surface area contributed by atoms with Crippen LogP contribution >= 0.6 is 11.5 Å². The van der Waals surface area contributed by atoms with Gasteiger partial charge >= 0.3 is 0 Å². The van der Waals surface area contributed by atoms with Gasteiger partial charge in [-0.3, -0.25) is 10.1 Å². The number of rotatable bonds is 2. The quantitative estimate of drug-likeness (QED) is 0.764. The van der Waals surface area contributed by atoms with E-state index in [1.165, 1.54) is 0 Å². The summed E-state index contributed by atoms with van der Waals surface area (Å²) in [6.45, 7) is 0. The van der Waals surface area contributed by atoms with E-state index >= 15 is 0 Å². The molecule has 1 aromatic heterocycles. The Balaban J connectivity index is 2.01. The van der Waals surface area contributed by atoms with Gasteiger partial charge in [0.25, 0.3) is 5.91 Å². The minimum absolute atomic E-state index is 0.203. The smallest absolute Gasteiger partial charge is 0.258 e. The van der Waals surface area contributed by atoms with Gasteiger partial charge in [-0.25, -0.2) is 0 Å². The average molecular weight is 256 g/mol. The number of amides is 1. The number of aromatic nitrogens is 3. The zero-order valence-electron chi connectivity index (χ0n) is 9.20. The molecule has 5 nitrogen and oxygen atoms in total. The van der Waals surface area contributed by atoms with E-state index in [1.807, 2.05) is 36.4 Å². The molecule has 88 valence electrons. The van der Waals surface area contributed by atoms with Gasteiger partial charge in [-0.1, -0.05) is 46.0 Å². The standard InChI is InChI=1S/C12H8N4OS/c17-11(13-12-14-15-16-18-12)10-7-3-5-8-4-1-2-6-9(8)10/h1-7H,(H,13,14,16,17). The number of nitrogens with one attached hydrogen (secondary N) is 1. The Morgan fingerprint density at radius 2 is 1.94 bits per heavy atom. The summed E-state index contributed by atoms with van der Waals surface area (Å²) < 4.78 is 3.60. The Bertz CT molecular complexity index is 691.